The summed E-state index contributed by atoms with van der Waals surface area (Å²) < 4.78 is 5.36. The van der Waals surface area contributed by atoms with E-state index in [0.29, 0.717) is 28.5 Å². The summed E-state index contributed by atoms with van der Waals surface area (Å²) in [5, 5.41) is 9.12. The molecule has 8 nitrogen and oxygen atoms in total. The molecule has 0 aromatic heterocycles. The first-order valence-corrected chi connectivity index (χ1v) is 11.4. The molecular formula is C24H32ClN5O3. The number of anilines is 3. The van der Waals surface area contributed by atoms with Gasteiger partial charge < -0.3 is 25.6 Å². The minimum atomic E-state index is -0.413. The molecule has 0 spiro atoms. The van der Waals surface area contributed by atoms with E-state index in [-0.39, 0.29) is 5.91 Å². The van der Waals surface area contributed by atoms with Crippen molar-refractivity contribution in [1.29, 1.82) is 0 Å². The summed E-state index contributed by atoms with van der Waals surface area (Å²) in [6, 6.07) is 10.2. The minimum Gasteiger partial charge on any atom is -0.379 e. The predicted octanol–water partition coefficient (Wildman–Crippen LogP) is 3.81. The number of hydrogen-bond donors (Lipinski definition) is 3. The Morgan fingerprint density at radius 1 is 1.06 bits per heavy atom. The topological polar surface area (TPSA) is 85.9 Å². The van der Waals surface area contributed by atoms with Gasteiger partial charge in [0, 0.05) is 55.8 Å². The van der Waals surface area contributed by atoms with Gasteiger partial charge in [0.05, 0.1) is 18.8 Å². The SMILES string of the molecule is Cc1ccc(NC(=O)Nc2ccc(N(C)C)c(C(=O)NCCCN3CCOCC3)c2)cc1Cl. The number of morpholine rings is 1. The predicted molar refractivity (Wildman–Crippen MR) is 134 cm³/mol. The number of aryl methyl sites for hydroxylation is 1. The maximum Gasteiger partial charge on any atom is 0.323 e. The molecule has 3 amide bonds. The first-order chi connectivity index (χ1) is 15.8. The number of urea groups is 1. The molecule has 0 saturated carbocycles. The molecule has 178 valence electrons. The van der Waals surface area contributed by atoms with Gasteiger partial charge in [0.2, 0.25) is 0 Å². The van der Waals surface area contributed by atoms with E-state index >= 15 is 0 Å². The quantitative estimate of drug-likeness (QED) is 0.507. The minimum absolute atomic E-state index is 0.171. The lowest BCUT2D eigenvalue weighted by Crippen LogP contribution is -2.38. The van der Waals surface area contributed by atoms with Gasteiger partial charge in [-0.3, -0.25) is 9.69 Å². The summed E-state index contributed by atoms with van der Waals surface area (Å²) in [6.07, 6.45) is 0.864. The van der Waals surface area contributed by atoms with Crippen molar-refractivity contribution >= 4 is 40.6 Å². The summed E-state index contributed by atoms with van der Waals surface area (Å²) in [5.41, 5.74) is 3.32. The Morgan fingerprint density at radius 3 is 2.39 bits per heavy atom. The normalized spacial score (nSPS) is 13.9. The summed E-state index contributed by atoms with van der Waals surface area (Å²) in [6.45, 7) is 6.80. The number of benzene rings is 2. The maximum absolute atomic E-state index is 12.9. The fraction of sp³-hybridized carbons (Fsp3) is 0.417. The molecule has 33 heavy (non-hydrogen) atoms. The van der Waals surface area contributed by atoms with Crippen LogP contribution in [0.25, 0.3) is 0 Å². The Bertz CT molecular complexity index is 977. The number of rotatable bonds is 8. The van der Waals surface area contributed by atoms with Crippen molar-refractivity contribution in [2.24, 2.45) is 0 Å². The third-order valence-electron chi connectivity index (χ3n) is 5.45. The van der Waals surface area contributed by atoms with Crippen molar-refractivity contribution < 1.29 is 14.3 Å². The third-order valence-corrected chi connectivity index (χ3v) is 5.86. The number of nitrogens with one attached hydrogen (secondary N) is 3. The van der Waals surface area contributed by atoms with Gasteiger partial charge in [-0.15, -0.1) is 0 Å². The zero-order valence-corrected chi connectivity index (χ0v) is 20.2. The van der Waals surface area contributed by atoms with Crippen LogP contribution in [0.2, 0.25) is 5.02 Å². The molecule has 1 aliphatic heterocycles. The lowest BCUT2D eigenvalue weighted by Gasteiger charge is -2.26. The highest BCUT2D eigenvalue weighted by atomic mass is 35.5. The molecule has 0 unspecified atom stereocenters. The van der Waals surface area contributed by atoms with Gasteiger partial charge in [0.15, 0.2) is 0 Å². The number of nitrogens with zero attached hydrogens (tertiary/aromatic N) is 2. The Morgan fingerprint density at radius 2 is 1.73 bits per heavy atom. The van der Waals surface area contributed by atoms with Crippen LogP contribution in [-0.4, -0.2) is 70.3 Å². The Hall–Kier alpha value is -2.81. The summed E-state index contributed by atoms with van der Waals surface area (Å²) >= 11 is 6.13. The van der Waals surface area contributed by atoms with Crippen molar-refractivity contribution in [3.8, 4) is 0 Å². The number of hydrogen-bond acceptors (Lipinski definition) is 5. The van der Waals surface area contributed by atoms with Gasteiger partial charge in [-0.1, -0.05) is 17.7 Å². The molecule has 3 rings (SSSR count). The van der Waals surface area contributed by atoms with E-state index in [1.807, 2.05) is 38.1 Å². The largest absolute Gasteiger partial charge is 0.379 e. The fourth-order valence-electron chi connectivity index (χ4n) is 3.57. The average molecular weight is 474 g/mol. The van der Waals surface area contributed by atoms with Crippen molar-refractivity contribution in [2.75, 3.05) is 69.0 Å². The molecule has 2 aromatic carbocycles. The second-order valence-corrected chi connectivity index (χ2v) is 8.64. The van der Waals surface area contributed by atoms with Crippen LogP contribution in [0, 0.1) is 6.92 Å². The van der Waals surface area contributed by atoms with Gasteiger partial charge in [-0.2, -0.15) is 0 Å². The van der Waals surface area contributed by atoms with Crippen LogP contribution < -0.4 is 20.9 Å². The zero-order chi connectivity index (χ0) is 23.8. The van der Waals surface area contributed by atoms with Gasteiger partial charge in [-0.25, -0.2) is 4.79 Å². The Kier molecular flexibility index (Phi) is 8.94. The van der Waals surface area contributed by atoms with Gasteiger partial charge >= 0.3 is 6.03 Å². The van der Waals surface area contributed by atoms with Crippen LogP contribution in [0.3, 0.4) is 0 Å². The monoisotopic (exact) mass is 473 g/mol. The van der Waals surface area contributed by atoms with Crippen molar-refractivity contribution in [1.82, 2.24) is 10.2 Å². The molecule has 3 N–H and O–H groups in total. The number of amides is 3. The van der Waals surface area contributed by atoms with E-state index < -0.39 is 6.03 Å². The van der Waals surface area contributed by atoms with E-state index in [0.717, 1.165) is 50.5 Å². The van der Waals surface area contributed by atoms with Crippen molar-refractivity contribution in [3.63, 3.8) is 0 Å². The van der Waals surface area contributed by atoms with Gasteiger partial charge in [-0.05, 0) is 55.8 Å². The Labute approximate surface area is 200 Å². The van der Waals surface area contributed by atoms with E-state index in [1.165, 1.54) is 0 Å². The highest BCUT2D eigenvalue weighted by molar-refractivity contribution is 6.31. The molecule has 0 bridgehead atoms. The first kappa shape index (κ1) is 24.8. The van der Waals surface area contributed by atoms with E-state index in [1.54, 1.807) is 24.3 Å². The van der Waals surface area contributed by atoms with Crippen LogP contribution in [0.5, 0.6) is 0 Å². The third kappa shape index (κ3) is 7.35. The molecule has 1 fully saturated rings. The number of ether oxygens (including phenoxy) is 1. The van der Waals surface area contributed by atoms with Gasteiger partial charge in [0.1, 0.15) is 0 Å². The van der Waals surface area contributed by atoms with Crippen LogP contribution >= 0.6 is 11.6 Å². The molecule has 2 aromatic rings. The highest BCUT2D eigenvalue weighted by Gasteiger charge is 2.15. The molecule has 0 radical (unpaired) electrons. The van der Waals surface area contributed by atoms with Crippen molar-refractivity contribution in [3.05, 3.63) is 52.5 Å². The average Bonchev–Trinajstić information content (AvgIpc) is 2.79. The smallest absolute Gasteiger partial charge is 0.323 e. The first-order valence-electron chi connectivity index (χ1n) is 11.1. The molecule has 0 atom stereocenters. The maximum atomic E-state index is 12.9. The van der Waals surface area contributed by atoms with E-state index in [4.69, 9.17) is 16.3 Å². The van der Waals surface area contributed by atoms with E-state index in [9.17, 15) is 9.59 Å². The fourth-order valence-corrected chi connectivity index (χ4v) is 3.75. The summed E-state index contributed by atoms with van der Waals surface area (Å²) in [7, 11) is 3.76. The Balaban J connectivity index is 1.59. The molecule has 1 aliphatic rings. The lowest BCUT2D eigenvalue weighted by atomic mass is 10.1. The van der Waals surface area contributed by atoms with Crippen molar-refractivity contribution in [2.45, 2.75) is 13.3 Å². The second-order valence-electron chi connectivity index (χ2n) is 8.23. The number of carbonyl (C=O) groups excluding carboxylic acids is 2. The van der Waals surface area contributed by atoms with Crippen LogP contribution in [0.15, 0.2) is 36.4 Å². The lowest BCUT2D eigenvalue weighted by molar-refractivity contribution is 0.0374. The second kappa shape index (κ2) is 11.9. The molecule has 9 heteroatoms. The number of carbonyl (C=O) groups is 2. The highest BCUT2D eigenvalue weighted by Crippen LogP contribution is 2.24. The van der Waals surface area contributed by atoms with Crippen LogP contribution in [0.4, 0.5) is 21.9 Å². The summed E-state index contributed by atoms with van der Waals surface area (Å²) in [5.74, 6) is -0.171. The molecule has 1 saturated heterocycles. The summed E-state index contributed by atoms with van der Waals surface area (Å²) in [4.78, 5) is 29.6. The van der Waals surface area contributed by atoms with Crippen LogP contribution in [0.1, 0.15) is 22.3 Å². The van der Waals surface area contributed by atoms with E-state index in [2.05, 4.69) is 20.9 Å². The molecular weight excluding hydrogens is 442 g/mol. The molecule has 0 aliphatic carbocycles. The standard InChI is InChI=1S/C24H32ClN5O3/c1-17-5-6-19(16-21(17)25)28-24(32)27-18-7-8-22(29(2)3)20(15-18)23(31)26-9-4-10-30-11-13-33-14-12-30/h5-8,15-16H,4,9-14H2,1-3H3,(H,26,31)(H2,27,28,32). The zero-order valence-electron chi connectivity index (χ0n) is 19.4. The van der Waals surface area contributed by atoms with Gasteiger partial charge in [0.25, 0.3) is 5.91 Å². The number of halogens is 1. The van der Waals surface area contributed by atoms with Crippen LogP contribution in [-0.2, 0) is 4.74 Å². The molecule has 1 heterocycles.